The van der Waals surface area contributed by atoms with Crippen LogP contribution < -0.4 is 4.72 Å². The molecule has 1 aromatic carbocycles. The molecule has 1 aliphatic heterocycles. The van der Waals surface area contributed by atoms with Gasteiger partial charge in [-0.05, 0) is 25.5 Å². The van der Waals surface area contributed by atoms with Crippen LogP contribution in [0.3, 0.4) is 0 Å². The molecule has 6 heteroatoms. The van der Waals surface area contributed by atoms with Crippen LogP contribution in [-0.2, 0) is 15.8 Å². The Hall–Kier alpha value is -0.950. The predicted octanol–water partition coefficient (Wildman–Crippen LogP) is 1.69. The van der Waals surface area contributed by atoms with E-state index in [1.165, 1.54) is 0 Å². The summed E-state index contributed by atoms with van der Waals surface area (Å²) in [7, 11) is -1.19. The Morgan fingerprint density at radius 3 is 2.42 bits per heavy atom. The summed E-state index contributed by atoms with van der Waals surface area (Å²) in [4.78, 5) is 4.73. The Morgan fingerprint density at radius 2 is 1.83 bits per heavy atom. The lowest BCUT2D eigenvalue weighted by Gasteiger charge is -2.39. The molecule has 136 valence electrons. The summed E-state index contributed by atoms with van der Waals surface area (Å²) in [6.45, 7) is 10.9. The monoisotopic (exact) mass is 353 g/mol. The summed E-state index contributed by atoms with van der Waals surface area (Å²) in [6, 6.07) is 7.92. The van der Waals surface area contributed by atoms with Crippen LogP contribution in [0.5, 0.6) is 0 Å². The Kier molecular flexibility index (Phi) is 6.80. The molecule has 0 aromatic heterocycles. The molecule has 1 unspecified atom stereocenters. The topological polar surface area (TPSA) is 52.7 Å². The van der Waals surface area contributed by atoms with E-state index in [1.54, 1.807) is 0 Å². The number of likely N-dealkylation sites (N-methyl/N-ethyl adjacent to an activating group) is 1. The fraction of sp³-hybridized carbons (Fsp3) is 0.667. The summed E-state index contributed by atoms with van der Waals surface area (Å²) < 4.78 is 27.7. The van der Waals surface area contributed by atoms with E-state index in [9.17, 15) is 8.42 Å². The quantitative estimate of drug-likeness (QED) is 0.810. The van der Waals surface area contributed by atoms with E-state index in [1.807, 2.05) is 31.2 Å². The third kappa shape index (κ3) is 5.84. The summed E-state index contributed by atoms with van der Waals surface area (Å²) >= 11 is 0. The lowest BCUT2D eigenvalue weighted by molar-refractivity contribution is 0.0905. The zero-order valence-corrected chi connectivity index (χ0v) is 16.1. The smallest absolute Gasteiger partial charge is 0.215 e. The van der Waals surface area contributed by atoms with Crippen LogP contribution in [0.2, 0.25) is 0 Å². The third-order valence-corrected chi connectivity index (χ3v) is 6.05. The van der Waals surface area contributed by atoms with E-state index in [0.29, 0.717) is 12.5 Å². The number of hydrogen-bond donors (Lipinski definition) is 1. The molecule has 1 N–H and O–H groups in total. The van der Waals surface area contributed by atoms with Crippen LogP contribution in [0.4, 0.5) is 0 Å². The average Bonchev–Trinajstić information content (AvgIpc) is 2.48. The first kappa shape index (κ1) is 19.4. The first-order valence-corrected chi connectivity index (χ1v) is 10.4. The van der Waals surface area contributed by atoms with Crippen molar-refractivity contribution in [3.05, 3.63) is 35.4 Å². The first-order valence-electron chi connectivity index (χ1n) is 8.72. The molecule has 0 radical (unpaired) electrons. The van der Waals surface area contributed by atoms with E-state index in [4.69, 9.17) is 0 Å². The molecule has 24 heavy (non-hydrogen) atoms. The zero-order chi connectivity index (χ0) is 17.7. The summed E-state index contributed by atoms with van der Waals surface area (Å²) in [6.07, 6.45) is 0. The third-order valence-electron chi connectivity index (χ3n) is 4.73. The Bertz CT molecular complexity index is 623. The first-order chi connectivity index (χ1) is 11.3. The van der Waals surface area contributed by atoms with Gasteiger partial charge in [0.1, 0.15) is 0 Å². The van der Waals surface area contributed by atoms with Crippen LogP contribution >= 0.6 is 0 Å². The summed E-state index contributed by atoms with van der Waals surface area (Å²) in [5, 5.41) is 0. The zero-order valence-electron chi connectivity index (χ0n) is 15.3. The maximum Gasteiger partial charge on any atom is 0.215 e. The SMILES string of the molecule is Cc1cccc(CS(=O)(=O)NCC(C(C)C)N2CCN(C)CC2)c1. The number of hydrogen-bond acceptors (Lipinski definition) is 4. The second-order valence-corrected chi connectivity index (χ2v) is 9.05. The molecular weight excluding hydrogens is 322 g/mol. The maximum atomic E-state index is 12.4. The molecule has 1 aliphatic rings. The standard InChI is InChI=1S/C18H31N3O2S/c1-15(2)18(21-10-8-20(4)9-11-21)13-19-24(22,23)14-17-7-5-6-16(3)12-17/h5-7,12,15,18-19H,8-11,13-14H2,1-4H3. The Balaban J connectivity index is 1.95. The molecule has 1 aromatic rings. The van der Waals surface area contributed by atoms with Crippen LogP contribution in [0, 0.1) is 12.8 Å². The molecule has 1 heterocycles. The van der Waals surface area contributed by atoms with Crippen molar-refractivity contribution in [2.45, 2.75) is 32.6 Å². The number of benzene rings is 1. The van der Waals surface area contributed by atoms with Gasteiger partial charge in [-0.3, -0.25) is 4.90 Å². The van der Waals surface area contributed by atoms with Gasteiger partial charge in [-0.2, -0.15) is 0 Å². The van der Waals surface area contributed by atoms with Crippen molar-refractivity contribution in [1.82, 2.24) is 14.5 Å². The van der Waals surface area contributed by atoms with Gasteiger partial charge in [0.05, 0.1) is 5.75 Å². The van der Waals surface area contributed by atoms with Crippen molar-refractivity contribution < 1.29 is 8.42 Å². The van der Waals surface area contributed by atoms with Gasteiger partial charge in [-0.15, -0.1) is 0 Å². The average molecular weight is 354 g/mol. The molecule has 1 saturated heterocycles. The van der Waals surface area contributed by atoms with E-state index in [-0.39, 0.29) is 11.8 Å². The van der Waals surface area contributed by atoms with E-state index >= 15 is 0 Å². The lowest BCUT2D eigenvalue weighted by Crippen LogP contribution is -2.54. The van der Waals surface area contributed by atoms with Crippen LogP contribution in [0.1, 0.15) is 25.0 Å². The number of sulfonamides is 1. The maximum absolute atomic E-state index is 12.4. The summed E-state index contributed by atoms with van der Waals surface area (Å²) in [5.41, 5.74) is 1.92. The van der Waals surface area contributed by atoms with E-state index < -0.39 is 10.0 Å². The van der Waals surface area contributed by atoms with Gasteiger partial charge >= 0.3 is 0 Å². The fourth-order valence-electron chi connectivity index (χ4n) is 3.22. The molecular formula is C18H31N3O2S. The van der Waals surface area contributed by atoms with Gasteiger partial charge in [-0.25, -0.2) is 13.1 Å². The van der Waals surface area contributed by atoms with E-state index in [2.05, 4.69) is 35.4 Å². The minimum absolute atomic E-state index is 0.0439. The second kappa shape index (κ2) is 8.43. The molecule has 5 nitrogen and oxygen atoms in total. The number of nitrogens with one attached hydrogen (secondary N) is 1. The van der Waals surface area contributed by atoms with E-state index in [0.717, 1.165) is 37.3 Å². The lowest BCUT2D eigenvalue weighted by atomic mass is 10.0. The molecule has 2 rings (SSSR count). The van der Waals surface area contributed by atoms with Gasteiger partial charge in [-0.1, -0.05) is 43.7 Å². The Labute approximate surface area is 147 Å². The van der Waals surface area contributed by atoms with Crippen LogP contribution in [0.25, 0.3) is 0 Å². The Morgan fingerprint density at radius 1 is 1.17 bits per heavy atom. The molecule has 0 bridgehead atoms. The van der Waals surface area contributed by atoms with Gasteiger partial charge in [0, 0.05) is 38.8 Å². The highest BCUT2D eigenvalue weighted by Gasteiger charge is 2.26. The highest BCUT2D eigenvalue weighted by molar-refractivity contribution is 7.88. The van der Waals surface area contributed by atoms with Gasteiger partial charge < -0.3 is 4.90 Å². The summed E-state index contributed by atoms with van der Waals surface area (Å²) in [5.74, 6) is 0.456. The number of rotatable bonds is 7. The molecule has 0 amide bonds. The van der Waals surface area contributed by atoms with Gasteiger partial charge in [0.2, 0.25) is 10.0 Å². The molecule has 0 aliphatic carbocycles. The second-order valence-electron chi connectivity index (χ2n) is 7.25. The van der Waals surface area contributed by atoms with Crippen LogP contribution in [-0.4, -0.2) is 64.0 Å². The van der Waals surface area contributed by atoms with Crippen molar-refractivity contribution in [3.63, 3.8) is 0 Å². The van der Waals surface area contributed by atoms with Gasteiger partial charge in [0.15, 0.2) is 0 Å². The predicted molar refractivity (Wildman–Crippen MR) is 99.5 cm³/mol. The fourth-order valence-corrected chi connectivity index (χ4v) is 4.37. The molecule has 0 saturated carbocycles. The number of aryl methyl sites for hydroxylation is 1. The normalized spacial score (nSPS) is 18.9. The highest BCUT2D eigenvalue weighted by atomic mass is 32.2. The minimum atomic E-state index is -3.32. The van der Waals surface area contributed by atoms with Crippen LogP contribution in [0.15, 0.2) is 24.3 Å². The molecule has 1 fully saturated rings. The van der Waals surface area contributed by atoms with Crippen molar-refractivity contribution in [2.75, 3.05) is 39.8 Å². The highest BCUT2D eigenvalue weighted by Crippen LogP contribution is 2.14. The van der Waals surface area contributed by atoms with Crippen molar-refractivity contribution >= 4 is 10.0 Å². The molecule has 0 spiro atoms. The number of piperazine rings is 1. The minimum Gasteiger partial charge on any atom is -0.304 e. The number of nitrogens with zero attached hydrogens (tertiary/aromatic N) is 2. The molecule has 1 atom stereocenters. The largest absolute Gasteiger partial charge is 0.304 e. The van der Waals surface area contributed by atoms with Gasteiger partial charge in [0.25, 0.3) is 0 Å². The van der Waals surface area contributed by atoms with Crippen molar-refractivity contribution in [1.29, 1.82) is 0 Å². The van der Waals surface area contributed by atoms with Crippen molar-refractivity contribution in [3.8, 4) is 0 Å². The van der Waals surface area contributed by atoms with Crippen molar-refractivity contribution in [2.24, 2.45) is 5.92 Å².